The number of benzene rings is 2. The van der Waals surface area contributed by atoms with Crippen molar-refractivity contribution in [3.63, 3.8) is 0 Å². The van der Waals surface area contributed by atoms with Crippen LogP contribution in [-0.4, -0.2) is 12.9 Å². The number of ether oxygens (including phenoxy) is 1. The Morgan fingerprint density at radius 1 is 1.05 bits per heavy atom. The van der Waals surface area contributed by atoms with Gasteiger partial charge in [-0.25, -0.2) is 4.39 Å². The molecule has 0 atom stereocenters. The molecule has 0 saturated carbocycles. The smallest absolute Gasteiger partial charge is 0.153 e. The van der Waals surface area contributed by atoms with Crippen LogP contribution < -0.4 is 4.74 Å². The van der Waals surface area contributed by atoms with Crippen molar-refractivity contribution in [2.24, 2.45) is 0 Å². The van der Waals surface area contributed by atoms with Gasteiger partial charge in [0.15, 0.2) is 6.29 Å². The molecule has 0 bridgehead atoms. The molecular weight excluding hydrogens is 243 g/mol. The quantitative estimate of drug-likeness (QED) is 0.584. The second kappa shape index (κ2) is 6.69. The first-order valence-electron chi connectivity index (χ1n) is 6.21. The molecule has 2 nitrogen and oxygen atoms in total. The minimum absolute atomic E-state index is 0.222. The molecule has 98 valence electrons. The number of rotatable bonds is 6. The summed E-state index contributed by atoms with van der Waals surface area (Å²) in [6.45, 7) is 0.530. The van der Waals surface area contributed by atoms with Crippen molar-refractivity contribution in [1.82, 2.24) is 0 Å². The first-order valence-corrected chi connectivity index (χ1v) is 6.21. The molecule has 0 aromatic heterocycles. The third kappa shape index (κ3) is 3.91. The molecule has 19 heavy (non-hydrogen) atoms. The summed E-state index contributed by atoms with van der Waals surface area (Å²) in [6, 6.07) is 13.6. The van der Waals surface area contributed by atoms with Crippen LogP contribution in [0.5, 0.6) is 5.75 Å². The van der Waals surface area contributed by atoms with Crippen molar-refractivity contribution < 1.29 is 13.9 Å². The van der Waals surface area contributed by atoms with Gasteiger partial charge in [-0.3, -0.25) is 4.79 Å². The molecule has 2 aromatic rings. The van der Waals surface area contributed by atoms with Gasteiger partial charge in [-0.1, -0.05) is 24.3 Å². The highest BCUT2D eigenvalue weighted by molar-refractivity contribution is 5.79. The Balaban J connectivity index is 1.80. The van der Waals surface area contributed by atoms with Crippen LogP contribution in [0, 0.1) is 5.82 Å². The van der Waals surface area contributed by atoms with Gasteiger partial charge in [0.2, 0.25) is 0 Å². The number of hydrogen-bond acceptors (Lipinski definition) is 2. The van der Waals surface area contributed by atoms with Crippen LogP contribution in [0.3, 0.4) is 0 Å². The monoisotopic (exact) mass is 258 g/mol. The molecule has 0 heterocycles. The maximum absolute atomic E-state index is 12.7. The SMILES string of the molecule is O=Cc1ccccc1OCCCc1ccc(F)cc1. The van der Waals surface area contributed by atoms with Crippen molar-refractivity contribution in [2.75, 3.05) is 6.61 Å². The molecule has 0 saturated heterocycles. The van der Waals surface area contributed by atoms with Gasteiger partial charge in [0.1, 0.15) is 11.6 Å². The summed E-state index contributed by atoms with van der Waals surface area (Å²) >= 11 is 0. The molecule has 0 amide bonds. The summed E-state index contributed by atoms with van der Waals surface area (Å²) in [7, 11) is 0. The van der Waals surface area contributed by atoms with E-state index in [1.165, 1.54) is 12.1 Å². The first kappa shape index (κ1) is 13.3. The normalized spacial score (nSPS) is 10.2. The summed E-state index contributed by atoms with van der Waals surface area (Å²) in [6.07, 6.45) is 2.43. The Labute approximate surface area is 111 Å². The van der Waals surface area contributed by atoms with Crippen LogP contribution in [0.1, 0.15) is 22.3 Å². The highest BCUT2D eigenvalue weighted by atomic mass is 19.1. The second-order valence-electron chi connectivity index (χ2n) is 4.23. The van der Waals surface area contributed by atoms with Crippen LogP contribution in [0.25, 0.3) is 0 Å². The zero-order valence-electron chi connectivity index (χ0n) is 10.5. The lowest BCUT2D eigenvalue weighted by atomic mass is 10.1. The molecule has 3 heteroatoms. The topological polar surface area (TPSA) is 26.3 Å². The van der Waals surface area contributed by atoms with Crippen LogP contribution >= 0.6 is 0 Å². The van der Waals surface area contributed by atoms with E-state index in [9.17, 15) is 9.18 Å². The zero-order chi connectivity index (χ0) is 13.5. The van der Waals surface area contributed by atoms with Crippen molar-refractivity contribution in [3.8, 4) is 5.75 Å². The van der Waals surface area contributed by atoms with Gasteiger partial charge in [0, 0.05) is 0 Å². The fraction of sp³-hybridized carbons (Fsp3) is 0.188. The number of hydrogen-bond donors (Lipinski definition) is 0. The highest BCUT2D eigenvalue weighted by Gasteiger charge is 2.01. The minimum Gasteiger partial charge on any atom is -0.493 e. The van der Waals surface area contributed by atoms with Crippen LogP contribution in [-0.2, 0) is 6.42 Å². The maximum Gasteiger partial charge on any atom is 0.153 e. The lowest BCUT2D eigenvalue weighted by Crippen LogP contribution is -2.01. The van der Waals surface area contributed by atoms with Crippen LogP contribution in [0.15, 0.2) is 48.5 Å². The number of aryl methyl sites for hydroxylation is 1. The van der Waals surface area contributed by atoms with Gasteiger partial charge < -0.3 is 4.74 Å². The van der Waals surface area contributed by atoms with Gasteiger partial charge in [-0.2, -0.15) is 0 Å². The maximum atomic E-state index is 12.7. The summed E-state index contributed by atoms with van der Waals surface area (Å²) in [5.41, 5.74) is 1.64. The van der Waals surface area contributed by atoms with Gasteiger partial charge in [-0.05, 0) is 42.7 Å². The molecule has 0 unspecified atom stereocenters. The van der Waals surface area contributed by atoms with E-state index in [-0.39, 0.29) is 5.82 Å². The lowest BCUT2D eigenvalue weighted by molar-refractivity contribution is 0.111. The molecule has 2 aromatic carbocycles. The lowest BCUT2D eigenvalue weighted by Gasteiger charge is -2.08. The van der Waals surface area contributed by atoms with Crippen molar-refractivity contribution in [2.45, 2.75) is 12.8 Å². The summed E-state index contributed by atoms with van der Waals surface area (Å²) in [4.78, 5) is 10.8. The van der Waals surface area contributed by atoms with E-state index in [1.54, 1.807) is 30.3 Å². The fourth-order valence-electron chi connectivity index (χ4n) is 1.82. The summed E-state index contributed by atoms with van der Waals surface area (Å²) in [5.74, 6) is 0.386. The molecule has 2 rings (SSSR count). The van der Waals surface area contributed by atoms with E-state index in [2.05, 4.69) is 0 Å². The predicted octanol–water partition coefficient (Wildman–Crippen LogP) is 3.65. The molecular formula is C16H15FO2. The highest BCUT2D eigenvalue weighted by Crippen LogP contribution is 2.16. The molecule has 0 radical (unpaired) electrons. The molecule has 0 aliphatic heterocycles. The van der Waals surface area contributed by atoms with Gasteiger partial charge in [0.25, 0.3) is 0 Å². The van der Waals surface area contributed by atoms with E-state index in [0.717, 1.165) is 24.7 Å². The van der Waals surface area contributed by atoms with Gasteiger partial charge >= 0.3 is 0 Å². The number of para-hydroxylation sites is 1. The van der Waals surface area contributed by atoms with E-state index in [0.29, 0.717) is 17.9 Å². The Morgan fingerprint density at radius 3 is 2.53 bits per heavy atom. The van der Waals surface area contributed by atoms with Crippen molar-refractivity contribution >= 4 is 6.29 Å². The molecule has 0 aliphatic rings. The minimum atomic E-state index is -0.222. The predicted molar refractivity (Wildman–Crippen MR) is 72.0 cm³/mol. The third-order valence-corrected chi connectivity index (χ3v) is 2.83. The van der Waals surface area contributed by atoms with E-state index in [1.807, 2.05) is 6.07 Å². The van der Waals surface area contributed by atoms with E-state index >= 15 is 0 Å². The third-order valence-electron chi connectivity index (χ3n) is 2.83. The average Bonchev–Trinajstić information content (AvgIpc) is 2.46. The zero-order valence-corrected chi connectivity index (χ0v) is 10.5. The van der Waals surface area contributed by atoms with E-state index in [4.69, 9.17) is 4.74 Å². The second-order valence-corrected chi connectivity index (χ2v) is 4.23. The Bertz CT molecular complexity index is 535. The standard InChI is InChI=1S/C16H15FO2/c17-15-9-7-13(8-10-15)4-3-11-19-16-6-2-1-5-14(16)12-18/h1-2,5-10,12H,3-4,11H2. The molecule has 0 N–H and O–H groups in total. The largest absolute Gasteiger partial charge is 0.493 e. The average molecular weight is 258 g/mol. The van der Waals surface area contributed by atoms with Gasteiger partial charge in [0.05, 0.1) is 12.2 Å². The summed E-state index contributed by atoms with van der Waals surface area (Å²) in [5, 5.41) is 0. The Kier molecular flexibility index (Phi) is 4.67. The number of carbonyl (C=O) groups is 1. The summed E-state index contributed by atoms with van der Waals surface area (Å²) < 4.78 is 18.3. The van der Waals surface area contributed by atoms with Crippen molar-refractivity contribution in [3.05, 3.63) is 65.5 Å². The first-order chi connectivity index (χ1) is 9.29. The number of halogens is 1. The number of carbonyl (C=O) groups excluding carboxylic acids is 1. The molecule has 0 spiro atoms. The van der Waals surface area contributed by atoms with Crippen molar-refractivity contribution in [1.29, 1.82) is 0 Å². The fourth-order valence-corrected chi connectivity index (χ4v) is 1.82. The van der Waals surface area contributed by atoms with Gasteiger partial charge in [-0.15, -0.1) is 0 Å². The van der Waals surface area contributed by atoms with Crippen LogP contribution in [0.4, 0.5) is 4.39 Å². The Morgan fingerprint density at radius 2 is 1.79 bits per heavy atom. The molecule has 0 aliphatic carbocycles. The number of aldehydes is 1. The Hall–Kier alpha value is -2.16. The van der Waals surface area contributed by atoms with E-state index < -0.39 is 0 Å². The molecule has 0 fully saturated rings. The van der Waals surface area contributed by atoms with Crippen LogP contribution in [0.2, 0.25) is 0 Å².